The number of fused-ring (bicyclic) bond motifs is 1. The summed E-state index contributed by atoms with van der Waals surface area (Å²) in [5, 5.41) is 7.54. The highest BCUT2D eigenvalue weighted by atomic mass is 32.2. The lowest BCUT2D eigenvalue weighted by Crippen LogP contribution is -2.27. The van der Waals surface area contributed by atoms with Crippen LogP contribution in [-0.2, 0) is 0 Å². The van der Waals surface area contributed by atoms with Crippen LogP contribution in [0.25, 0.3) is 10.2 Å². The van der Waals surface area contributed by atoms with E-state index in [1.54, 1.807) is 28.0 Å². The predicted molar refractivity (Wildman–Crippen MR) is 127 cm³/mol. The first-order chi connectivity index (χ1) is 14.5. The Kier molecular flexibility index (Phi) is 7.87. The van der Waals surface area contributed by atoms with Gasteiger partial charge in [-0.25, -0.2) is 15.0 Å². The minimum absolute atomic E-state index is 0.0501. The molecule has 160 valence electrons. The number of amides is 1. The Balaban J connectivity index is 1.54. The minimum atomic E-state index is 0.0501. The fraction of sp³-hybridized carbons (Fsp3) is 0.429. The van der Waals surface area contributed by atoms with Gasteiger partial charge in [-0.05, 0) is 36.8 Å². The standard InChI is InChI=1S/C21H28N6OS2/c1-5-8-27(3)19(28)15-6-7-17-18(9-15)30-21(26-17)25-11-14(2)10-22-20-23-12-16(29-4)13-24-20/h6-7,9,12-14H,5,8,10-11H2,1-4H3,(H,25,26)(H,22,23,24)/t14-/m0/s1. The van der Waals surface area contributed by atoms with Gasteiger partial charge in [0.2, 0.25) is 5.95 Å². The SMILES string of the molecule is CCCN(C)C(=O)c1ccc2nc(NC[C@@H](C)CNc3ncc(SC)cn3)sc2c1. The average Bonchev–Trinajstić information content (AvgIpc) is 3.18. The van der Waals surface area contributed by atoms with Crippen LogP contribution in [0.3, 0.4) is 0 Å². The number of rotatable bonds is 10. The Morgan fingerprint density at radius 3 is 2.67 bits per heavy atom. The molecule has 2 heterocycles. The summed E-state index contributed by atoms with van der Waals surface area (Å²) in [5.74, 6) is 1.06. The summed E-state index contributed by atoms with van der Waals surface area (Å²) >= 11 is 3.20. The molecule has 0 radical (unpaired) electrons. The largest absolute Gasteiger partial charge is 0.361 e. The molecule has 1 amide bonds. The van der Waals surface area contributed by atoms with Gasteiger partial charge in [0.05, 0.1) is 10.2 Å². The zero-order chi connectivity index (χ0) is 21.5. The molecule has 9 heteroatoms. The number of nitrogens with one attached hydrogen (secondary N) is 2. The van der Waals surface area contributed by atoms with Crippen molar-refractivity contribution in [2.45, 2.75) is 25.2 Å². The van der Waals surface area contributed by atoms with Crippen molar-refractivity contribution in [1.82, 2.24) is 19.9 Å². The van der Waals surface area contributed by atoms with E-state index in [0.29, 0.717) is 17.4 Å². The van der Waals surface area contributed by atoms with Gasteiger partial charge in [0, 0.05) is 49.5 Å². The van der Waals surface area contributed by atoms with Crippen LogP contribution < -0.4 is 10.6 Å². The van der Waals surface area contributed by atoms with Crippen LogP contribution in [-0.4, -0.2) is 58.7 Å². The fourth-order valence-electron chi connectivity index (χ4n) is 2.90. The third kappa shape index (κ3) is 5.82. The van der Waals surface area contributed by atoms with E-state index in [2.05, 4.69) is 39.4 Å². The maximum Gasteiger partial charge on any atom is 0.253 e. The van der Waals surface area contributed by atoms with Gasteiger partial charge in [0.1, 0.15) is 0 Å². The second-order valence-corrected chi connectivity index (χ2v) is 9.15. The highest BCUT2D eigenvalue weighted by Crippen LogP contribution is 2.27. The number of thioether (sulfide) groups is 1. The van der Waals surface area contributed by atoms with Gasteiger partial charge in [0.25, 0.3) is 5.91 Å². The van der Waals surface area contributed by atoms with Gasteiger partial charge in [-0.15, -0.1) is 11.8 Å². The molecule has 0 saturated heterocycles. The molecule has 2 N–H and O–H groups in total. The van der Waals surface area contributed by atoms with E-state index < -0.39 is 0 Å². The van der Waals surface area contributed by atoms with Crippen LogP contribution >= 0.6 is 23.1 Å². The summed E-state index contributed by atoms with van der Waals surface area (Å²) in [6.45, 7) is 6.52. The lowest BCUT2D eigenvalue weighted by Gasteiger charge is -2.15. The number of benzene rings is 1. The zero-order valence-electron chi connectivity index (χ0n) is 17.8. The molecule has 0 saturated carbocycles. The van der Waals surface area contributed by atoms with Gasteiger partial charge in [-0.1, -0.05) is 25.2 Å². The van der Waals surface area contributed by atoms with Gasteiger partial charge in [-0.2, -0.15) is 0 Å². The van der Waals surface area contributed by atoms with Crippen molar-refractivity contribution in [3.8, 4) is 0 Å². The molecule has 3 aromatic rings. The maximum atomic E-state index is 12.5. The van der Waals surface area contributed by atoms with Crippen molar-refractivity contribution in [3.05, 3.63) is 36.2 Å². The van der Waals surface area contributed by atoms with Crippen molar-refractivity contribution in [1.29, 1.82) is 0 Å². The number of thiazole rings is 1. The third-order valence-corrected chi connectivity index (χ3v) is 6.27. The van der Waals surface area contributed by atoms with Crippen LogP contribution in [0, 0.1) is 5.92 Å². The number of nitrogens with zero attached hydrogens (tertiary/aromatic N) is 4. The van der Waals surface area contributed by atoms with Gasteiger partial charge >= 0.3 is 0 Å². The molecule has 0 unspecified atom stereocenters. The molecule has 0 aliphatic heterocycles. The van der Waals surface area contributed by atoms with Crippen molar-refractivity contribution < 1.29 is 4.79 Å². The van der Waals surface area contributed by atoms with E-state index in [-0.39, 0.29) is 5.91 Å². The van der Waals surface area contributed by atoms with E-state index in [1.807, 2.05) is 43.9 Å². The molecule has 2 aromatic heterocycles. The van der Waals surface area contributed by atoms with E-state index in [9.17, 15) is 4.79 Å². The summed E-state index contributed by atoms with van der Waals surface area (Å²) < 4.78 is 1.02. The smallest absolute Gasteiger partial charge is 0.253 e. The quantitative estimate of drug-likeness (QED) is 0.447. The monoisotopic (exact) mass is 444 g/mol. The first-order valence-electron chi connectivity index (χ1n) is 10.00. The maximum absolute atomic E-state index is 12.5. The summed E-state index contributed by atoms with van der Waals surface area (Å²) in [6.07, 6.45) is 6.60. The second kappa shape index (κ2) is 10.6. The summed E-state index contributed by atoms with van der Waals surface area (Å²) in [6, 6.07) is 5.72. The molecular weight excluding hydrogens is 416 g/mol. The Bertz CT molecular complexity index is 975. The number of hydrogen-bond acceptors (Lipinski definition) is 8. The van der Waals surface area contributed by atoms with Crippen molar-refractivity contribution >= 4 is 50.3 Å². The number of hydrogen-bond donors (Lipinski definition) is 2. The molecule has 0 bridgehead atoms. The van der Waals surface area contributed by atoms with Crippen LogP contribution in [0.4, 0.5) is 11.1 Å². The Morgan fingerprint density at radius 1 is 1.23 bits per heavy atom. The molecule has 0 aliphatic carbocycles. The van der Waals surface area contributed by atoms with E-state index in [4.69, 9.17) is 0 Å². The average molecular weight is 445 g/mol. The molecule has 1 atom stereocenters. The number of carbonyl (C=O) groups excluding carboxylic acids is 1. The molecule has 0 aliphatic rings. The van der Waals surface area contributed by atoms with E-state index in [0.717, 1.165) is 46.3 Å². The van der Waals surface area contributed by atoms with Crippen molar-refractivity contribution in [2.24, 2.45) is 5.92 Å². The molecule has 0 spiro atoms. The fourth-order valence-corrected chi connectivity index (χ4v) is 4.13. The van der Waals surface area contributed by atoms with Crippen LogP contribution in [0.2, 0.25) is 0 Å². The van der Waals surface area contributed by atoms with Crippen LogP contribution in [0.1, 0.15) is 30.6 Å². The lowest BCUT2D eigenvalue weighted by molar-refractivity contribution is 0.0795. The van der Waals surface area contributed by atoms with Crippen molar-refractivity contribution in [2.75, 3.05) is 43.6 Å². The first-order valence-corrected chi connectivity index (χ1v) is 12.0. The first kappa shape index (κ1) is 22.3. The minimum Gasteiger partial charge on any atom is -0.361 e. The Hall–Kier alpha value is -2.39. The normalized spacial score (nSPS) is 12.0. The summed E-state index contributed by atoms with van der Waals surface area (Å²) in [5.41, 5.74) is 1.61. The number of anilines is 2. The topological polar surface area (TPSA) is 83.0 Å². The molecule has 30 heavy (non-hydrogen) atoms. The van der Waals surface area contributed by atoms with Crippen molar-refractivity contribution in [3.63, 3.8) is 0 Å². The highest BCUT2D eigenvalue weighted by molar-refractivity contribution is 7.98. The van der Waals surface area contributed by atoms with Gasteiger partial charge in [-0.3, -0.25) is 4.79 Å². The molecule has 0 fully saturated rings. The Labute approximate surface area is 185 Å². The summed E-state index contributed by atoms with van der Waals surface area (Å²) in [7, 11) is 1.84. The molecule has 7 nitrogen and oxygen atoms in total. The third-order valence-electron chi connectivity index (χ3n) is 4.62. The number of carbonyl (C=O) groups is 1. The lowest BCUT2D eigenvalue weighted by atomic mass is 10.2. The molecule has 1 aromatic carbocycles. The van der Waals surface area contributed by atoms with E-state index >= 15 is 0 Å². The zero-order valence-corrected chi connectivity index (χ0v) is 19.4. The van der Waals surface area contributed by atoms with E-state index in [1.165, 1.54) is 0 Å². The summed E-state index contributed by atoms with van der Waals surface area (Å²) in [4.78, 5) is 28.6. The highest BCUT2D eigenvalue weighted by Gasteiger charge is 2.13. The molecule has 3 rings (SSSR count). The Morgan fingerprint density at radius 2 is 1.97 bits per heavy atom. The predicted octanol–water partition coefficient (Wildman–Crippen LogP) is 4.45. The van der Waals surface area contributed by atoms with Gasteiger partial charge in [0.15, 0.2) is 5.13 Å². The second-order valence-electron chi connectivity index (χ2n) is 7.24. The molecular formula is C21H28N6OS2. The number of aromatic nitrogens is 3. The van der Waals surface area contributed by atoms with Gasteiger partial charge < -0.3 is 15.5 Å². The van der Waals surface area contributed by atoms with Crippen LogP contribution in [0.15, 0.2) is 35.5 Å². The van der Waals surface area contributed by atoms with Crippen LogP contribution in [0.5, 0.6) is 0 Å².